The van der Waals surface area contributed by atoms with Crippen molar-refractivity contribution < 1.29 is 9.84 Å². The normalized spacial score (nSPS) is 27.8. The van der Waals surface area contributed by atoms with Crippen LogP contribution in [0.4, 0.5) is 0 Å². The highest BCUT2D eigenvalue weighted by Gasteiger charge is 2.42. The molecule has 0 amide bonds. The number of hydrogen-bond donors (Lipinski definition) is 1. The summed E-state index contributed by atoms with van der Waals surface area (Å²) in [5.41, 5.74) is 2.13. The van der Waals surface area contributed by atoms with Crippen molar-refractivity contribution in [2.75, 3.05) is 0 Å². The molecule has 0 aromatic heterocycles. The largest absolute Gasteiger partial charge is 0.508 e. The van der Waals surface area contributed by atoms with Crippen LogP contribution in [-0.2, 0) is 0 Å². The Morgan fingerprint density at radius 2 is 2.06 bits per heavy atom. The van der Waals surface area contributed by atoms with E-state index in [1.165, 1.54) is 5.57 Å². The van der Waals surface area contributed by atoms with Crippen LogP contribution in [0.5, 0.6) is 11.5 Å². The minimum Gasteiger partial charge on any atom is -0.508 e. The summed E-state index contributed by atoms with van der Waals surface area (Å²) >= 11 is 0. The van der Waals surface area contributed by atoms with Crippen molar-refractivity contribution in [2.45, 2.75) is 32.3 Å². The first-order valence-corrected chi connectivity index (χ1v) is 6.36. The average Bonchev–Trinajstić information content (AvgIpc) is 2.30. The highest BCUT2D eigenvalue weighted by molar-refractivity contribution is 5.49. The fraction of sp³-hybridized carbons (Fsp3) is 0.375. The second kappa shape index (κ2) is 3.64. The number of phenols is 1. The van der Waals surface area contributed by atoms with Gasteiger partial charge in [-0.3, -0.25) is 0 Å². The zero-order valence-corrected chi connectivity index (χ0v) is 11.0. The Balaban J connectivity index is 2.17. The van der Waals surface area contributed by atoms with E-state index < -0.39 is 0 Å². The third-order valence-electron chi connectivity index (χ3n) is 3.92. The molecule has 2 aliphatic rings. The molecule has 1 aromatic rings. The molecule has 1 aliphatic heterocycles. The van der Waals surface area contributed by atoms with Crippen molar-refractivity contribution in [3.8, 4) is 11.5 Å². The molecule has 2 atom stereocenters. The van der Waals surface area contributed by atoms with Gasteiger partial charge in [0, 0.05) is 17.4 Å². The van der Waals surface area contributed by atoms with Crippen molar-refractivity contribution in [3.63, 3.8) is 0 Å². The molecular weight excluding hydrogens is 224 g/mol. The molecule has 1 N–H and O–H groups in total. The summed E-state index contributed by atoms with van der Waals surface area (Å²) in [5, 5.41) is 9.68. The maximum absolute atomic E-state index is 9.68. The SMILES string of the molecule is CC1=C[C@@H]2c3cc(O)ccc3OC(C)(C)[C@@H]2C=C1. The number of aromatic hydroxyl groups is 1. The highest BCUT2D eigenvalue weighted by atomic mass is 16.5. The van der Waals surface area contributed by atoms with Crippen LogP contribution in [0.1, 0.15) is 32.3 Å². The van der Waals surface area contributed by atoms with Crippen LogP contribution in [0.3, 0.4) is 0 Å². The molecule has 0 saturated heterocycles. The quantitative estimate of drug-likeness (QED) is 0.750. The van der Waals surface area contributed by atoms with Crippen LogP contribution >= 0.6 is 0 Å². The first-order valence-electron chi connectivity index (χ1n) is 6.36. The lowest BCUT2D eigenvalue weighted by Gasteiger charge is -2.44. The molecule has 18 heavy (non-hydrogen) atoms. The molecule has 0 saturated carbocycles. The zero-order valence-electron chi connectivity index (χ0n) is 11.0. The third-order valence-corrected chi connectivity index (χ3v) is 3.92. The molecular formula is C16H18O2. The predicted molar refractivity (Wildman–Crippen MR) is 71.9 cm³/mol. The summed E-state index contributed by atoms with van der Waals surface area (Å²) in [4.78, 5) is 0. The third kappa shape index (κ3) is 1.64. The number of hydrogen-bond acceptors (Lipinski definition) is 2. The van der Waals surface area contributed by atoms with E-state index in [0.29, 0.717) is 17.6 Å². The van der Waals surface area contributed by atoms with E-state index in [1.807, 2.05) is 12.1 Å². The number of fused-ring (bicyclic) bond motifs is 3. The van der Waals surface area contributed by atoms with E-state index in [-0.39, 0.29) is 5.60 Å². The molecule has 0 bridgehead atoms. The van der Waals surface area contributed by atoms with Gasteiger partial charge >= 0.3 is 0 Å². The van der Waals surface area contributed by atoms with Gasteiger partial charge in [0.05, 0.1) is 0 Å². The second-order valence-electron chi connectivity index (χ2n) is 5.75. The Morgan fingerprint density at radius 3 is 2.83 bits per heavy atom. The number of phenolic OH excluding ortho intramolecular Hbond substituents is 1. The van der Waals surface area contributed by atoms with Gasteiger partial charge in [-0.15, -0.1) is 0 Å². The van der Waals surface area contributed by atoms with E-state index in [4.69, 9.17) is 4.74 Å². The number of ether oxygens (including phenoxy) is 1. The van der Waals surface area contributed by atoms with Crippen LogP contribution in [0.2, 0.25) is 0 Å². The predicted octanol–water partition coefficient (Wildman–Crippen LogP) is 3.78. The first-order chi connectivity index (χ1) is 8.47. The van der Waals surface area contributed by atoms with Crippen molar-refractivity contribution in [3.05, 3.63) is 47.6 Å². The monoisotopic (exact) mass is 242 g/mol. The van der Waals surface area contributed by atoms with Gasteiger partial charge in [0.1, 0.15) is 17.1 Å². The van der Waals surface area contributed by atoms with Gasteiger partial charge in [-0.05, 0) is 39.0 Å². The number of rotatable bonds is 0. The molecule has 0 spiro atoms. The van der Waals surface area contributed by atoms with Crippen molar-refractivity contribution in [1.29, 1.82) is 0 Å². The molecule has 94 valence electrons. The summed E-state index contributed by atoms with van der Waals surface area (Å²) in [5.74, 6) is 1.80. The van der Waals surface area contributed by atoms with Gasteiger partial charge in [0.15, 0.2) is 0 Å². The van der Waals surface area contributed by atoms with Crippen LogP contribution < -0.4 is 4.74 Å². The standard InChI is InChI=1S/C16H18O2/c1-10-4-6-14-12(8-10)13-9-11(17)5-7-15(13)18-16(14,2)3/h4-9,12,14,17H,1-3H3/t12-,14-/m1/s1. The molecule has 1 heterocycles. The zero-order chi connectivity index (χ0) is 12.9. The first kappa shape index (κ1) is 11.4. The minimum atomic E-state index is -0.220. The topological polar surface area (TPSA) is 29.5 Å². The average molecular weight is 242 g/mol. The molecule has 0 unspecified atom stereocenters. The Morgan fingerprint density at radius 1 is 1.28 bits per heavy atom. The van der Waals surface area contributed by atoms with Gasteiger partial charge in [-0.2, -0.15) is 0 Å². The van der Waals surface area contributed by atoms with E-state index in [2.05, 4.69) is 39.0 Å². The van der Waals surface area contributed by atoms with Crippen LogP contribution in [0, 0.1) is 5.92 Å². The summed E-state index contributed by atoms with van der Waals surface area (Å²) in [7, 11) is 0. The lowest BCUT2D eigenvalue weighted by atomic mass is 9.71. The maximum atomic E-state index is 9.68. The van der Waals surface area contributed by atoms with Gasteiger partial charge in [-0.25, -0.2) is 0 Å². The summed E-state index contributed by atoms with van der Waals surface area (Å²) < 4.78 is 6.09. The van der Waals surface area contributed by atoms with E-state index in [9.17, 15) is 5.11 Å². The van der Waals surface area contributed by atoms with E-state index >= 15 is 0 Å². The highest BCUT2D eigenvalue weighted by Crippen LogP contribution is 2.49. The van der Waals surface area contributed by atoms with Crippen molar-refractivity contribution >= 4 is 0 Å². The van der Waals surface area contributed by atoms with Gasteiger partial charge in [0.2, 0.25) is 0 Å². The molecule has 2 heteroatoms. The lowest BCUT2D eigenvalue weighted by molar-refractivity contribution is 0.0395. The molecule has 1 aromatic carbocycles. The molecule has 3 rings (SSSR count). The summed E-state index contributed by atoms with van der Waals surface area (Å²) in [6.07, 6.45) is 6.65. The summed E-state index contributed by atoms with van der Waals surface area (Å²) in [6, 6.07) is 5.37. The van der Waals surface area contributed by atoms with Gasteiger partial charge in [0.25, 0.3) is 0 Å². The van der Waals surface area contributed by atoms with Gasteiger partial charge in [-0.1, -0.05) is 23.8 Å². The number of benzene rings is 1. The molecule has 0 radical (unpaired) electrons. The number of allylic oxidation sites excluding steroid dienone is 3. The second-order valence-corrected chi connectivity index (χ2v) is 5.75. The van der Waals surface area contributed by atoms with E-state index in [0.717, 1.165) is 11.3 Å². The smallest absolute Gasteiger partial charge is 0.124 e. The van der Waals surface area contributed by atoms with E-state index in [1.54, 1.807) is 6.07 Å². The molecule has 2 nitrogen and oxygen atoms in total. The Hall–Kier alpha value is -1.70. The Labute approximate surface area is 108 Å². The van der Waals surface area contributed by atoms with Crippen LogP contribution in [0.15, 0.2) is 42.0 Å². The Bertz CT molecular complexity index is 552. The molecule has 1 aliphatic carbocycles. The fourth-order valence-corrected chi connectivity index (χ4v) is 3.01. The summed E-state index contributed by atoms with van der Waals surface area (Å²) in [6.45, 7) is 6.36. The molecule has 0 fully saturated rings. The van der Waals surface area contributed by atoms with Crippen molar-refractivity contribution in [2.24, 2.45) is 5.92 Å². The van der Waals surface area contributed by atoms with Crippen molar-refractivity contribution in [1.82, 2.24) is 0 Å². The van der Waals surface area contributed by atoms with Crippen LogP contribution in [-0.4, -0.2) is 10.7 Å². The Kier molecular flexibility index (Phi) is 2.31. The maximum Gasteiger partial charge on any atom is 0.124 e. The van der Waals surface area contributed by atoms with Crippen LogP contribution in [0.25, 0.3) is 0 Å². The lowest BCUT2D eigenvalue weighted by Crippen LogP contribution is -2.43. The minimum absolute atomic E-state index is 0.220. The van der Waals surface area contributed by atoms with Gasteiger partial charge < -0.3 is 9.84 Å². The fourth-order valence-electron chi connectivity index (χ4n) is 3.01.